The largest absolute Gasteiger partial charge is 0.480 e. The molecule has 12 heteroatoms. The third-order valence-corrected chi connectivity index (χ3v) is 7.71. The quantitative estimate of drug-likeness (QED) is 0.491. The molecule has 2 fully saturated rings. The third-order valence-electron chi connectivity index (χ3n) is 6.24. The number of hydrogen-bond donors (Lipinski definition) is 3. The van der Waals surface area contributed by atoms with E-state index in [2.05, 4.69) is 35.1 Å². The van der Waals surface area contributed by atoms with E-state index in [1.165, 1.54) is 0 Å². The zero-order valence-corrected chi connectivity index (χ0v) is 20.4. The number of aromatic amines is 1. The number of morpholine rings is 1. The van der Waals surface area contributed by atoms with Gasteiger partial charge in [0.15, 0.2) is 11.5 Å². The molecule has 0 aromatic carbocycles. The molecule has 2 aliphatic rings. The molecule has 2 aromatic rings. The van der Waals surface area contributed by atoms with Gasteiger partial charge < -0.3 is 19.7 Å². The van der Waals surface area contributed by atoms with Crippen molar-refractivity contribution in [1.29, 1.82) is 0 Å². The van der Waals surface area contributed by atoms with Crippen molar-refractivity contribution < 1.29 is 17.9 Å². The van der Waals surface area contributed by atoms with Gasteiger partial charge in [0.05, 0.1) is 26.1 Å². The van der Waals surface area contributed by atoms with Gasteiger partial charge in [-0.05, 0) is 38.0 Å². The van der Waals surface area contributed by atoms with Crippen LogP contribution in [0.15, 0.2) is 0 Å². The Morgan fingerprint density at radius 1 is 1.15 bits per heavy atom. The molecule has 33 heavy (non-hydrogen) atoms. The van der Waals surface area contributed by atoms with Gasteiger partial charge in [-0.3, -0.25) is 5.10 Å². The first kappa shape index (κ1) is 24.0. The first-order valence-electron chi connectivity index (χ1n) is 11.7. The summed E-state index contributed by atoms with van der Waals surface area (Å²) in [6, 6.07) is 0.159. The van der Waals surface area contributed by atoms with Crippen molar-refractivity contribution >= 4 is 32.8 Å². The van der Waals surface area contributed by atoms with Gasteiger partial charge in [0.25, 0.3) is 0 Å². The van der Waals surface area contributed by atoms with Gasteiger partial charge in [0.2, 0.25) is 21.9 Å². The molecule has 1 saturated heterocycles. The number of methoxy groups -OCH3 is 1. The first-order valence-corrected chi connectivity index (χ1v) is 13.4. The number of H-pyrrole nitrogens is 1. The number of sulfonamides is 1. The molecule has 1 aliphatic heterocycles. The number of anilines is 2. The van der Waals surface area contributed by atoms with Gasteiger partial charge in [0, 0.05) is 25.2 Å². The monoisotopic (exact) mass is 481 g/mol. The number of rotatable bonds is 9. The summed E-state index contributed by atoms with van der Waals surface area (Å²) in [4.78, 5) is 11.4. The summed E-state index contributed by atoms with van der Waals surface area (Å²) >= 11 is 0. The Hall–Kier alpha value is -2.18. The number of nitrogens with zero attached hydrogens (tertiary/aromatic N) is 4. The van der Waals surface area contributed by atoms with E-state index in [1.54, 1.807) is 7.11 Å². The van der Waals surface area contributed by atoms with Crippen LogP contribution >= 0.6 is 0 Å². The summed E-state index contributed by atoms with van der Waals surface area (Å²) in [6.07, 6.45) is 3.91. The maximum Gasteiger partial charge on any atom is 0.231 e. The van der Waals surface area contributed by atoms with Crippen LogP contribution in [0.25, 0.3) is 11.0 Å². The Kier molecular flexibility index (Phi) is 7.55. The minimum absolute atomic E-state index is 0.0122. The zero-order chi connectivity index (χ0) is 23.4. The van der Waals surface area contributed by atoms with Gasteiger partial charge in [-0.25, -0.2) is 13.1 Å². The first-order chi connectivity index (χ1) is 15.8. The minimum Gasteiger partial charge on any atom is -0.480 e. The van der Waals surface area contributed by atoms with Crippen LogP contribution < -0.4 is 19.7 Å². The van der Waals surface area contributed by atoms with E-state index in [1.807, 2.05) is 13.8 Å². The van der Waals surface area contributed by atoms with E-state index >= 15 is 0 Å². The second kappa shape index (κ2) is 10.4. The molecule has 2 aromatic heterocycles. The SMILES string of the molecule is COc1nc(NC2CCC(NS(=O)(=O)CCC(C)C)CC2)nc2[nH]nc(N3CCOCC3)c12. The summed E-state index contributed by atoms with van der Waals surface area (Å²) < 4.78 is 38.5. The summed E-state index contributed by atoms with van der Waals surface area (Å²) in [6.45, 7) is 6.91. The molecule has 184 valence electrons. The Bertz CT molecular complexity index is 1030. The molecule has 0 bridgehead atoms. The normalized spacial score (nSPS) is 22.1. The van der Waals surface area contributed by atoms with E-state index in [0.29, 0.717) is 43.0 Å². The molecule has 0 radical (unpaired) electrons. The minimum atomic E-state index is -3.23. The fraction of sp³-hybridized carbons (Fsp3) is 0.762. The maximum absolute atomic E-state index is 12.3. The van der Waals surface area contributed by atoms with Crippen molar-refractivity contribution in [3.8, 4) is 5.88 Å². The van der Waals surface area contributed by atoms with Crippen LogP contribution in [0.5, 0.6) is 5.88 Å². The summed E-state index contributed by atoms with van der Waals surface area (Å²) in [7, 11) is -1.63. The predicted molar refractivity (Wildman–Crippen MR) is 127 cm³/mol. The van der Waals surface area contributed by atoms with Crippen LogP contribution in [0.3, 0.4) is 0 Å². The number of aromatic nitrogens is 4. The lowest BCUT2D eigenvalue weighted by molar-refractivity contribution is 0.122. The average molecular weight is 482 g/mol. The van der Waals surface area contributed by atoms with E-state index in [-0.39, 0.29) is 17.8 Å². The number of hydrogen-bond acceptors (Lipinski definition) is 9. The highest BCUT2D eigenvalue weighted by Gasteiger charge is 2.27. The van der Waals surface area contributed by atoms with Crippen molar-refractivity contribution in [1.82, 2.24) is 24.9 Å². The van der Waals surface area contributed by atoms with Gasteiger partial charge in [-0.2, -0.15) is 15.1 Å². The smallest absolute Gasteiger partial charge is 0.231 e. The lowest BCUT2D eigenvalue weighted by Gasteiger charge is -2.29. The van der Waals surface area contributed by atoms with Crippen molar-refractivity contribution in [3.05, 3.63) is 0 Å². The molecule has 1 saturated carbocycles. The highest BCUT2D eigenvalue weighted by molar-refractivity contribution is 7.89. The highest BCUT2D eigenvalue weighted by Crippen LogP contribution is 2.32. The van der Waals surface area contributed by atoms with Gasteiger partial charge >= 0.3 is 0 Å². The molecule has 1 aliphatic carbocycles. The van der Waals surface area contributed by atoms with E-state index in [9.17, 15) is 8.42 Å². The molecule has 3 N–H and O–H groups in total. The predicted octanol–water partition coefficient (Wildman–Crippen LogP) is 1.89. The summed E-state index contributed by atoms with van der Waals surface area (Å²) in [5.41, 5.74) is 0.623. The Labute approximate surface area is 195 Å². The standard InChI is InChI=1S/C21H35N7O4S/c1-14(2)8-13-33(29,30)27-16-6-4-15(5-7-16)22-21-23-18-17(20(24-21)31-3)19(26-25-18)28-9-11-32-12-10-28/h14-16,27H,4-13H2,1-3H3,(H2,22,23,24,25,26). The van der Waals surface area contributed by atoms with Crippen molar-refractivity contribution in [2.75, 3.05) is 49.4 Å². The zero-order valence-electron chi connectivity index (χ0n) is 19.6. The summed E-state index contributed by atoms with van der Waals surface area (Å²) in [5.74, 6) is 2.30. The topological polar surface area (TPSA) is 134 Å². The van der Waals surface area contributed by atoms with Crippen molar-refractivity contribution in [2.24, 2.45) is 5.92 Å². The molecule has 3 heterocycles. The molecule has 4 rings (SSSR count). The van der Waals surface area contributed by atoms with Crippen LogP contribution in [0.4, 0.5) is 11.8 Å². The van der Waals surface area contributed by atoms with Gasteiger partial charge in [-0.15, -0.1) is 0 Å². The lowest BCUT2D eigenvalue weighted by atomic mass is 9.92. The molecule has 0 atom stereocenters. The average Bonchev–Trinajstić information content (AvgIpc) is 3.23. The van der Waals surface area contributed by atoms with Gasteiger partial charge in [0.1, 0.15) is 5.39 Å². The molecular formula is C21H35N7O4S. The van der Waals surface area contributed by atoms with E-state index in [0.717, 1.165) is 50.0 Å². The molecule has 0 unspecified atom stereocenters. The fourth-order valence-corrected chi connectivity index (χ4v) is 5.99. The highest BCUT2D eigenvalue weighted by atomic mass is 32.2. The molecule has 11 nitrogen and oxygen atoms in total. The second-order valence-corrected chi connectivity index (χ2v) is 11.1. The Balaban J connectivity index is 1.38. The van der Waals surface area contributed by atoms with E-state index in [4.69, 9.17) is 9.47 Å². The van der Waals surface area contributed by atoms with Crippen molar-refractivity contribution in [3.63, 3.8) is 0 Å². The van der Waals surface area contributed by atoms with Crippen LogP contribution in [0.1, 0.15) is 46.0 Å². The molecule has 0 spiro atoms. The second-order valence-electron chi connectivity index (χ2n) is 9.24. The van der Waals surface area contributed by atoms with Crippen LogP contribution in [-0.2, 0) is 14.8 Å². The summed E-state index contributed by atoms with van der Waals surface area (Å²) in [5, 5.41) is 11.6. The van der Waals surface area contributed by atoms with Crippen LogP contribution in [0, 0.1) is 5.92 Å². The Morgan fingerprint density at radius 2 is 1.85 bits per heavy atom. The molecule has 0 amide bonds. The van der Waals surface area contributed by atoms with Crippen LogP contribution in [0.2, 0.25) is 0 Å². The number of fused-ring (bicyclic) bond motifs is 1. The molecular weight excluding hydrogens is 446 g/mol. The fourth-order valence-electron chi connectivity index (χ4n) is 4.34. The third kappa shape index (κ3) is 6.04. The maximum atomic E-state index is 12.3. The van der Waals surface area contributed by atoms with Crippen molar-refractivity contribution in [2.45, 2.75) is 58.0 Å². The number of nitrogens with one attached hydrogen (secondary N) is 3. The lowest BCUT2D eigenvalue weighted by Crippen LogP contribution is -2.41. The Morgan fingerprint density at radius 3 is 2.52 bits per heavy atom. The van der Waals surface area contributed by atoms with E-state index < -0.39 is 10.0 Å². The number of ether oxygens (including phenoxy) is 2. The van der Waals surface area contributed by atoms with Crippen LogP contribution in [-0.4, -0.2) is 79.8 Å². The van der Waals surface area contributed by atoms with Gasteiger partial charge in [-0.1, -0.05) is 13.8 Å².